The number of carbonyl (C=O) groups is 3. The number of rotatable bonds is 4. The topological polar surface area (TPSA) is 69.7 Å². The first-order valence-electron chi connectivity index (χ1n) is 10.8. The molecule has 29 heavy (non-hydrogen) atoms. The molecule has 1 aromatic rings. The van der Waals surface area contributed by atoms with E-state index in [1.807, 2.05) is 29.2 Å². The lowest BCUT2D eigenvalue weighted by Crippen LogP contribution is -2.52. The van der Waals surface area contributed by atoms with Crippen molar-refractivity contribution in [2.45, 2.75) is 67.6 Å². The Morgan fingerprint density at radius 3 is 2.41 bits per heavy atom. The molecule has 0 radical (unpaired) electrons. The second-order valence-electron chi connectivity index (χ2n) is 8.18. The van der Waals surface area contributed by atoms with Crippen molar-refractivity contribution in [3.63, 3.8) is 0 Å². The van der Waals surface area contributed by atoms with Gasteiger partial charge in [0, 0.05) is 24.0 Å². The quantitative estimate of drug-likeness (QED) is 0.768. The fourth-order valence-corrected chi connectivity index (χ4v) is 5.67. The summed E-state index contributed by atoms with van der Waals surface area (Å²) < 4.78 is 0. The third kappa shape index (κ3) is 4.60. The molecule has 156 valence electrons. The number of amides is 3. The summed E-state index contributed by atoms with van der Waals surface area (Å²) in [7, 11) is 0. The number of hydrogen-bond acceptors (Lipinski definition) is 4. The smallest absolute Gasteiger partial charge is 0.250 e. The average molecular weight is 416 g/mol. The molecular weight excluding hydrogens is 386 g/mol. The molecule has 2 heterocycles. The fourth-order valence-electron chi connectivity index (χ4n) is 4.48. The van der Waals surface area contributed by atoms with Gasteiger partial charge in [-0.1, -0.05) is 37.8 Å². The second-order valence-corrected chi connectivity index (χ2v) is 9.33. The Morgan fingerprint density at radius 1 is 1.00 bits per heavy atom. The highest BCUT2D eigenvalue weighted by molar-refractivity contribution is 8.01. The van der Waals surface area contributed by atoms with Gasteiger partial charge in [-0.2, -0.15) is 0 Å². The monoisotopic (exact) mass is 415 g/mol. The molecule has 3 amide bonds. The van der Waals surface area contributed by atoms with E-state index in [1.54, 1.807) is 0 Å². The van der Waals surface area contributed by atoms with Gasteiger partial charge in [0.2, 0.25) is 11.8 Å². The molecule has 6 nitrogen and oxygen atoms in total. The van der Waals surface area contributed by atoms with Crippen LogP contribution in [0.25, 0.3) is 0 Å². The minimum absolute atomic E-state index is 0.0311. The van der Waals surface area contributed by atoms with Gasteiger partial charge in [0.05, 0.1) is 5.69 Å². The van der Waals surface area contributed by atoms with Crippen LogP contribution in [0.5, 0.6) is 0 Å². The molecule has 1 saturated carbocycles. The summed E-state index contributed by atoms with van der Waals surface area (Å²) in [5, 5.41) is 2.25. The van der Waals surface area contributed by atoms with Gasteiger partial charge in [-0.25, -0.2) is 0 Å². The van der Waals surface area contributed by atoms with E-state index in [9.17, 15) is 14.4 Å². The number of nitrogens with one attached hydrogen (secondary N) is 1. The molecule has 3 aliphatic rings. The Labute approximate surface area is 176 Å². The molecule has 4 rings (SSSR count). The molecule has 1 aromatic carbocycles. The van der Waals surface area contributed by atoms with Gasteiger partial charge in [-0.15, -0.1) is 11.8 Å². The van der Waals surface area contributed by atoms with Crippen LogP contribution >= 0.6 is 11.8 Å². The molecule has 0 unspecified atom stereocenters. The lowest BCUT2D eigenvalue weighted by atomic mass is 10.2. The number of fused-ring (bicyclic) bond motifs is 1. The largest absolute Gasteiger partial charge is 0.352 e. The molecule has 7 heteroatoms. The highest BCUT2D eigenvalue weighted by Crippen LogP contribution is 2.39. The van der Waals surface area contributed by atoms with Gasteiger partial charge < -0.3 is 15.1 Å². The van der Waals surface area contributed by atoms with Crippen LogP contribution in [0.1, 0.15) is 51.4 Å². The number of nitrogens with zero attached hydrogens (tertiary/aromatic N) is 2. The maximum absolute atomic E-state index is 13.3. The Kier molecular flexibility index (Phi) is 6.43. The predicted octanol–water partition coefficient (Wildman–Crippen LogP) is 2.96. The van der Waals surface area contributed by atoms with Crippen molar-refractivity contribution >= 4 is 35.2 Å². The summed E-state index contributed by atoms with van der Waals surface area (Å²) in [6.45, 7) is 1.40. The number of likely N-dealkylation sites (tertiary alicyclic amines) is 1. The third-order valence-electron chi connectivity index (χ3n) is 6.06. The highest BCUT2D eigenvalue weighted by Gasteiger charge is 2.41. The number of anilines is 1. The molecule has 0 aromatic heterocycles. The van der Waals surface area contributed by atoms with Crippen LogP contribution in [0, 0.1) is 0 Å². The lowest BCUT2D eigenvalue weighted by Gasteiger charge is -2.35. The summed E-state index contributed by atoms with van der Waals surface area (Å²) in [6, 6.07) is 7.77. The van der Waals surface area contributed by atoms with E-state index < -0.39 is 5.25 Å². The number of carbonyl (C=O) groups excluding carboxylic acids is 3. The maximum atomic E-state index is 13.3. The predicted molar refractivity (Wildman–Crippen MR) is 114 cm³/mol. The molecular formula is C22H29N3O3S. The van der Waals surface area contributed by atoms with Crippen LogP contribution in [-0.2, 0) is 14.4 Å². The van der Waals surface area contributed by atoms with Gasteiger partial charge in [-0.3, -0.25) is 14.4 Å². The number of thioether (sulfide) groups is 1. The zero-order valence-electron chi connectivity index (χ0n) is 16.8. The summed E-state index contributed by atoms with van der Waals surface area (Å²) in [6.07, 6.45) is 8.52. The first kappa shape index (κ1) is 20.3. The van der Waals surface area contributed by atoms with Crippen molar-refractivity contribution in [1.82, 2.24) is 10.2 Å². The maximum Gasteiger partial charge on any atom is 0.250 e. The minimum atomic E-state index is -0.803. The minimum Gasteiger partial charge on any atom is -0.352 e. The van der Waals surface area contributed by atoms with E-state index in [1.165, 1.54) is 16.7 Å². The fraction of sp³-hybridized carbons (Fsp3) is 0.591. The molecule has 1 atom stereocenters. The van der Waals surface area contributed by atoms with E-state index in [0.29, 0.717) is 13.1 Å². The number of para-hydroxylation sites is 1. The normalized spacial score (nSPS) is 22.9. The SMILES string of the molecule is O=C(CN1C(=O)[C@H](C(=O)N2CCCCCC2)Sc2ccccc21)NC1CCCC1. The zero-order valence-corrected chi connectivity index (χ0v) is 17.6. The molecule has 1 saturated heterocycles. The van der Waals surface area contributed by atoms with Crippen LogP contribution in [0.4, 0.5) is 5.69 Å². The van der Waals surface area contributed by atoms with Crippen molar-refractivity contribution in [3.8, 4) is 0 Å². The Balaban J connectivity index is 1.52. The van der Waals surface area contributed by atoms with E-state index in [2.05, 4.69) is 5.32 Å². The van der Waals surface area contributed by atoms with Gasteiger partial charge in [-0.05, 0) is 37.8 Å². The van der Waals surface area contributed by atoms with Crippen LogP contribution < -0.4 is 10.2 Å². The van der Waals surface area contributed by atoms with E-state index >= 15 is 0 Å². The van der Waals surface area contributed by atoms with Gasteiger partial charge in [0.25, 0.3) is 5.91 Å². The Hall–Kier alpha value is -2.02. The van der Waals surface area contributed by atoms with Crippen LogP contribution in [0.2, 0.25) is 0 Å². The van der Waals surface area contributed by atoms with Crippen molar-refractivity contribution in [3.05, 3.63) is 24.3 Å². The van der Waals surface area contributed by atoms with E-state index in [4.69, 9.17) is 0 Å². The molecule has 2 aliphatic heterocycles. The van der Waals surface area contributed by atoms with E-state index in [-0.39, 0.29) is 30.3 Å². The average Bonchev–Trinajstić information content (AvgIpc) is 3.08. The summed E-state index contributed by atoms with van der Waals surface area (Å²) >= 11 is 1.32. The summed E-state index contributed by atoms with van der Waals surface area (Å²) in [5.74, 6) is -0.532. The van der Waals surface area contributed by atoms with E-state index in [0.717, 1.165) is 61.9 Å². The molecule has 0 spiro atoms. The molecule has 1 aliphatic carbocycles. The Morgan fingerprint density at radius 2 is 1.69 bits per heavy atom. The number of hydrogen-bond donors (Lipinski definition) is 1. The second kappa shape index (κ2) is 9.20. The van der Waals surface area contributed by atoms with Crippen LogP contribution in [0.3, 0.4) is 0 Å². The van der Waals surface area contributed by atoms with Crippen molar-refractivity contribution in [1.29, 1.82) is 0 Å². The lowest BCUT2D eigenvalue weighted by molar-refractivity contribution is -0.135. The first-order chi connectivity index (χ1) is 14.1. The molecule has 1 N–H and O–H groups in total. The van der Waals surface area contributed by atoms with Gasteiger partial charge in [0.15, 0.2) is 5.25 Å². The number of benzene rings is 1. The highest BCUT2D eigenvalue weighted by atomic mass is 32.2. The van der Waals surface area contributed by atoms with Gasteiger partial charge in [0.1, 0.15) is 6.54 Å². The van der Waals surface area contributed by atoms with Crippen molar-refractivity contribution < 1.29 is 14.4 Å². The molecule has 0 bridgehead atoms. The third-order valence-corrected chi connectivity index (χ3v) is 7.29. The Bertz CT molecular complexity index is 770. The first-order valence-corrected chi connectivity index (χ1v) is 11.7. The standard InChI is InChI=1S/C22H29N3O3S/c26-19(23-16-9-3-4-10-16)15-25-17-11-5-6-12-18(17)29-20(22(25)28)21(27)24-13-7-1-2-8-14-24/h5-6,11-12,16,20H,1-4,7-10,13-15H2,(H,23,26)/t20-/m0/s1. The summed E-state index contributed by atoms with van der Waals surface area (Å²) in [5.41, 5.74) is 0.726. The van der Waals surface area contributed by atoms with Crippen molar-refractivity contribution in [2.75, 3.05) is 24.5 Å². The summed E-state index contributed by atoms with van der Waals surface area (Å²) in [4.78, 5) is 43.4. The van der Waals surface area contributed by atoms with Gasteiger partial charge >= 0.3 is 0 Å². The zero-order chi connectivity index (χ0) is 20.2. The van der Waals surface area contributed by atoms with Crippen LogP contribution in [-0.4, -0.2) is 53.5 Å². The van der Waals surface area contributed by atoms with Crippen LogP contribution in [0.15, 0.2) is 29.2 Å². The van der Waals surface area contributed by atoms with Crippen molar-refractivity contribution in [2.24, 2.45) is 0 Å². The molecule has 2 fully saturated rings.